The molecule has 59 heavy (non-hydrogen) atoms. The minimum absolute atomic E-state index is 0.255. The maximum atomic E-state index is 12.6. The summed E-state index contributed by atoms with van der Waals surface area (Å²) in [6.45, 7) is 2.62. The minimum Gasteiger partial charge on any atom is -0.388 e. The Balaban J connectivity index is 1.11. The summed E-state index contributed by atoms with van der Waals surface area (Å²) in [5, 5.41) is 94.7. The van der Waals surface area contributed by atoms with Gasteiger partial charge in [-0.1, -0.05) is 83.3 Å². The summed E-state index contributed by atoms with van der Waals surface area (Å²) < 4.78 is 38.9. The number of hydrogen-bond acceptors (Lipinski definition) is 17. The van der Waals surface area contributed by atoms with Crippen LogP contribution in [-0.4, -0.2) is 188 Å². The van der Waals surface area contributed by atoms with E-state index in [1.807, 2.05) is 0 Å². The third-order valence-electron chi connectivity index (χ3n) is 11.6. The molecule has 9 N–H and O–H groups in total. The average Bonchev–Trinajstić information content (AvgIpc) is 3.21. The van der Waals surface area contributed by atoms with E-state index in [4.69, 9.17) is 33.2 Å². The third kappa shape index (κ3) is 15.1. The molecule has 16 unspecified atom stereocenters. The van der Waals surface area contributed by atoms with Crippen molar-refractivity contribution in [3.05, 3.63) is 12.2 Å². The Hall–Kier alpha value is -1.43. The lowest BCUT2D eigenvalue weighted by Crippen LogP contribution is -2.63. The van der Waals surface area contributed by atoms with Gasteiger partial charge in [0.1, 0.15) is 73.2 Å². The van der Waals surface area contributed by atoms with Gasteiger partial charge in [-0.25, -0.2) is 0 Å². The van der Waals surface area contributed by atoms with Crippen molar-refractivity contribution in [2.24, 2.45) is 0 Å². The first-order valence-electron chi connectivity index (χ1n) is 21.8. The zero-order valence-electron chi connectivity index (χ0n) is 34.8. The maximum absolute atomic E-state index is 12.6. The standard InChI is InChI=1S/C41H73NO17/c1-3-4-5-6-7-8-9-10-11-12-13-14-15-16-17-18-19-20-42(25(2)43)38-34(49)31(46)27(22-53-38)57-40-36(51)33(48)29(24-55-40)59-41-37(52)32(47)28(23-56-41)58-39-35(50)30(45)26(44)21-54-39/h11-12,26-41,44-52H,3-10,13-24H2,1-2H3/b12-11-. The van der Waals surface area contributed by atoms with Crippen LogP contribution in [0.15, 0.2) is 12.2 Å². The van der Waals surface area contributed by atoms with Gasteiger partial charge >= 0.3 is 0 Å². The number of hydrogen-bond donors (Lipinski definition) is 9. The van der Waals surface area contributed by atoms with Crippen LogP contribution in [0, 0.1) is 0 Å². The predicted octanol–water partition coefficient (Wildman–Crippen LogP) is 0.0914. The van der Waals surface area contributed by atoms with Gasteiger partial charge in [-0.05, 0) is 32.1 Å². The lowest BCUT2D eigenvalue weighted by atomic mass is 10.0. The molecule has 16 atom stereocenters. The summed E-state index contributed by atoms with van der Waals surface area (Å²) in [4.78, 5) is 14.0. The van der Waals surface area contributed by atoms with E-state index in [0.717, 1.165) is 44.9 Å². The first-order valence-corrected chi connectivity index (χ1v) is 21.8. The predicted molar refractivity (Wildman–Crippen MR) is 209 cm³/mol. The van der Waals surface area contributed by atoms with Crippen molar-refractivity contribution in [2.45, 2.75) is 209 Å². The fourth-order valence-electron chi connectivity index (χ4n) is 7.77. The molecular weight excluding hydrogens is 778 g/mol. The van der Waals surface area contributed by atoms with E-state index in [1.54, 1.807) is 0 Å². The molecular formula is C41H73NO17. The molecule has 1 amide bonds. The van der Waals surface area contributed by atoms with Gasteiger partial charge in [-0.15, -0.1) is 0 Å². The van der Waals surface area contributed by atoms with E-state index < -0.39 is 98.3 Å². The Morgan fingerprint density at radius 3 is 1.37 bits per heavy atom. The molecule has 0 radical (unpaired) electrons. The lowest BCUT2D eigenvalue weighted by molar-refractivity contribution is -0.355. The quantitative estimate of drug-likeness (QED) is 0.0460. The SMILES string of the molecule is CCCCCCCCC/C=C\CCCCCCCCN(C(C)=O)C1OCC(OC2OCC(OC3OCC(OC4OCC(O)C(O)C4O)C(O)C3O)C(O)C2O)C(O)C1O. The van der Waals surface area contributed by atoms with Crippen LogP contribution in [0.2, 0.25) is 0 Å². The highest BCUT2D eigenvalue weighted by Gasteiger charge is 2.50. The monoisotopic (exact) mass is 851 g/mol. The fraction of sp³-hybridized carbons (Fsp3) is 0.927. The highest BCUT2D eigenvalue weighted by molar-refractivity contribution is 5.73. The molecule has 0 aromatic carbocycles. The Morgan fingerprint density at radius 1 is 0.508 bits per heavy atom. The molecule has 4 saturated heterocycles. The molecule has 4 aliphatic rings. The number of carbonyl (C=O) groups excluding carboxylic acids is 1. The van der Waals surface area contributed by atoms with Gasteiger partial charge in [0.2, 0.25) is 5.91 Å². The van der Waals surface area contributed by atoms with Crippen molar-refractivity contribution in [2.75, 3.05) is 33.0 Å². The second kappa shape index (κ2) is 26.3. The van der Waals surface area contributed by atoms with Crippen molar-refractivity contribution < 1.29 is 83.9 Å². The molecule has 0 aromatic rings. The third-order valence-corrected chi connectivity index (χ3v) is 11.6. The molecule has 0 bridgehead atoms. The van der Waals surface area contributed by atoms with E-state index >= 15 is 0 Å². The molecule has 0 saturated carbocycles. The summed E-state index contributed by atoms with van der Waals surface area (Å²) in [6.07, 6.45) is -1.37. The zero-order chi connectivity index (χ0) is 42.9. The molecule has 4 heterocycles. The highest BCUT2D eigenvalue weighted by Crippen LogP contribution is 2.29. The second-order valence-corrected chi connectivity index (χ2v) is 16.3. The van der Waals surface area contributed by atoms with Gasteiger partial charge in [0.15, 0.2) is 25.1 Å². The van der Waals surface area contributed by atoms with Crippen molar-refractivity contribution in [1.82, 2.24) is 4.90 Å². The van der Waals surface area contributed by atoms with Crippen LogP contribution in [0.25, 0.3) is 0 Å². The van der Waals surface area contributed by atoms with Gasteiger partial charge in [0.05, 0.1) is 26.4 Å². The van der Waals surface area contributed by atoms with Crippen LogP contribution >= 0.6 is 0 Å². The first kappa shape index (κ1) is 50.2. The Bertz CT molecular complexity index is 1200. The first-order chi connectivity index (χ1) is 28.3. The van der Waals surface area contributed by atoms with Gasteiger partial charge in [-0.3, -0.25) is 4.79 Å². The number of amides is 1. The summed E-state index contributed by atoms with van der Waals surface area (Å²) in [7, 11) is 0. The number of rotatable bonds is 24. The van der Waals surface area contributed by atoms with E-state index in [1.165, 1.54) is 56.8 Å². The topological polar surface area (TPSA) is 267 Å². The summed E-state index contributed by atoms with van der Waals surface area (Å²) in [5.74, 6) is -0.315. The van der Waals surface area contributed by atoms with E-state index in [-0.39, 0.29) is 32.3 Å². The molecule has 0 aromatic heterocycles. The van der Waals surface area contributed by atoms with Crippen LogP contribution in [-0.2, 0) is 38.0 Å². The number of nitrogens with zero attached hydrogens (tertiary/aromatic N) is 1. The molecule has 18 nitrogen and oxygen atoms in total. The van der Waals surface area contributed by atoms with Crippen LogP contribution in [0.5, 0.6) is 0 Å². The largest absolute Gasteiger partial charge is 0.388 e. The molecule has 0 spiro atoms. The smallest absolute Gasteiger partial charge is 0.221 e. The van der Waals surface area contributed by atoms with Crippen LogP contribution in [0.4, 0.5) is 0 Å². The molecule has 0 aliphatic carbocycles. The highest BCUT2D eigenvalue weighted by atomic mass is 16.8. The van der Waals surface area contributed by atoms with Crippen LogP contribution in [0.3, 0.4) is 0 Å². The van der Waals surface area contributed by atoms with Gasteiger partial charge in [0, 0.05) is 13.5 Å². The zero-order valence-corrected chi connectivity index (χ0v) is 34.8. The lowest BCUT2D eigenvalue weighted by Gasteiger charge is -2.45. The number of aliphatic hydroxyl groups excluding tert-OH is 9. The Labute approximate surface area is 347 Å². The normalized spacial score (nSPS) is 38.2. The van der Waals surface area contributed by atoms with Crippen molar-refractivity contribution in [3.8, 4) is 0 Å². The molecule has 18 heteroatoms. The van der Waals surface area contributed by atoms with Crippen molar-refractivity contribution >= 4 is 5.91 Å². The summed E-state index contributed by atoms with van der Waals surface area (Å²) in [6, 6.07) is 0. The molecule has 344 valence electrons. The average molecular weight is 852 g/mol. The molecule has 4 rings (SSSR count). The minimum atomic E-state index is -1.73. The maximum Gasteiger partial charge on any atom is 0.221 e. The number of ether oxygens (including phenoxy) is 7. The van der Waals surface area contributed by atoms with E-state index in [9.17, 15) is 50.8 Å². The number of unbranched alkanes of at least 4 members (excludes halogenated alkanes) is 13. The number of carbonyl (C=O) groups is 1. The van der Waals surface area contributed by atoms with Gasteiger partial charge < -0.3 is 84.0 Å². The molecule has 4 fully saturated rings. The summed E-state index contributed by atoms with van der Waals surface area (Å²) >= 11 is 0. The van der Waals surface area contributed by atoms with E-state index in [2.05, 4.69) is 19.1 Å². The van der Waals surface area contributed by atoms with Crippen molar-refractivity contribution in [1.29, 1.82) is 0 Å². The second-order valence-electron chi connectivity index (χ2n) is 16.3. The van der Waals surface area contributed by atoms with E-state index in [0.29, 0.717) is 13.0 Å². The Kier molecular flexibility index (Phi) is 22.3. The summed E-state index contributed by atoms with van der Waals surface area (Å²) in [5.41, 5.74) is 0. The van der Waals surface area contributed by atoms with Crippen LogP contribution in [0.1, 0.15) is 110 Å². The van der Waals surface area contributed by atoms with Crippen molar-refractivity contribution in [3.63, 3.8) is 0 Å². The molecule has 4 aliphatic heterocycles. The fourth-order valence-corrected chi connectivity index (χ4v) is 7.77. The number of allylic oxidation sites excluding steroid dienone is 2. The van der Waals surface area contributed by atoms with Gasteiger partial charge in [0.25, 0.3) is 0 Å². The van der Waals surface area contributed by atoms with Crippen LogP contribution < -0.4 is 0 Å². The van der Waals surface area contributed by atoms with Gasteiger partial charge in [-0.2, -0.15) is 0 Å². The number of aliphatic hydroxyl groups is 9. The Morgan fingerprint density at radius 2 is 0.898 bits per heavy atom.